The van der Waals surface area contributed by atoms with E-state index in [-0.39, 0.29) is 5.41 Å². The van der Waals surface area contributed by atoms with Crippen LogP contribution in [0.25, 0.3) is 0 Å². The first kappa shape index (κ1) is 12.0. The van der Waals surface area contributed by atoms with Gasteiger partial charge in [-0.25, -0.2) is 12.7 Å². The zero-order valence-corrected chi connectivity index (χ0v) is 10.4. The summed E-state index contributed by atoms with van der Waals surface area (Å²) in [7, 11) is -2.99. The van der Waals surface area contributed by atoms with Crippen LogP contribution in [-0.4, -0.2) is 32.1 Å². The van der Waals surface area contributed by atoms with Crippen molar-refractivity contribution in [3.63, 3.8) is 0 Å². The van der Waals surface area contributed by atoms with Crippen LogP contribution in [0.2, 0.25) is 0 Å². The van der Waals surface area contributed by atoms with E-state index in [2.05, 4.69) is 20.8 Å². The van der Waals surface area contributed by atoms with Gasteiger partial charge in [0.05, 0.1) is 6.26 Å². The Bertz CT molecular complexity index is 290. The van der Waals surface area contributed by atoms with Crippen LogP contribution in [0.5, 0.6) is 0 Å². The third kappa shape index (κ3) is 2.95. The van der Waals surface area contributed by atoms with Crippen LogP contribution in [0.3, 0.4) is 0 Å². The fraction of sp³-hybridized carbons (Fsp3) is 1.00. The van der Waals surface area contributed by atoms with Gasteiger partial charge in [0, 0.05) is 13.1 Å². The van der Waals surface area contributed by atoms with Crippen LogP contribution in [-0.2, 0) is 10.0 Å². The molecule has 0 aromatic heterocycles. The molecular weight excluding hydrogens is 198 g/mol. The fourth-order valence-corrected chi connectivity index (χ4v) is 2.86. The number of hydrogen-bond acceptors (Lipinski definition) is 2. The summed E-state index contributed by atoms with van der Waals surface area (Å²) in [6, 6.07) is 0. The van der Waals surface area contributed by atoms with E-state index in [0.717, 1.165) is 12.8 Å². The molecule has 1 heterocycles. The second-order valence-corrected chi connectivity index (χ2v) is 7.31. The van der Waals surface area contributed by atoms with Crippen LogP contribution < -0.4 is 0 Å². The summed E-state index contributed by atoms with van der Waals surface area (Å²) in [4.78, 5) is 0. The zero-order chi connectivity index (χ0) is 11.0. The molecule has 1 unspecified atom stereocenters. The Labute approximate surface area is 87.5 Å². The van der Waals surface area contributed by atoms with E-state index >= 15 is 0 Å². The lowest BCUT2D eigenvalue weighted by Crippen LogP contribution is -2.43. The van der Waals surface area contributed by atoms with Crippen molar-refractivity contribution in [2.24, 2.45) is 11.3 Å². The molecule has 0 saturated carbocycles. The van der Waals surface area contributed by atoms with Crippen molar-refractivity contribution in [3.05, 3.63) is 0 Å². The van der Waals surface area contributed by atoms with Crippen molar-refractivity contribution in [1.82, 2.24) is 4.31 Å². The summed E-state index contributed by atoms with van der Waals surface area (Å²) in [5, 5.41) is 0. The minimum absolute atomic E-state index is 0.212. The fourth-order valence-electron chi connectivity index (χ4n) is 1.95. The Balaban J connectivity index is 2.71. The lowest BCUT2D eigenvalue weighted by molar-refractivity contribution is 0.148. The van der Waals surface area contributed by atoms with Crippen molar-refractivity contribution in [2.75, 3.05) is 19.3 Å². The van der Waals surface area contributed by atoms with Crippen LogP contribution >= 0.6 is 0 Å². The van der Waals surface area contributed by atoms with E-state index in [9.17, 15) is 8.42 Å². The summed E-state index contributed by atoms with van der Waals surface area (Å²) in [6.45, 7) is 7.95. The van der Waals surface area contributed by atoms with E-state index < -0.39 is 10.0 Å². The number of rotatable bonds is 1. The highest BCUT2D eigenvalue weighted by molar-refractivity contribution is 7.88. The van der Waals surface area contributed by atoms with Crippen LogP contribution in [0.4, 0.5) is 0 Å². The van der Waals surface area contributed by atoms with E-state index in [1.165, 1.54) is 6.26 Å². The van der Waals surface area contributed by atoms with Crippen molar-refractivity contribution >= 4 is 10.0 Å². The Morgan fingerprint density at radius 3 is 2.29 bits per heavy atom. The summed E-state index contributed by atoms with van der Waals surface area (Å²) in [5.41, 5.74) is 0.212. The van der Waals surface area contributed by atoms with Gasteiger partial charge in [0.15, 0.2) is 0 Å². The minimum Gasteiger partial charge on any atom is -0.213 e. The summed E-state index contributed by atoms with van der Waals surface area (Å²) in [6.07, 6.45) is 3.45. The zero-order valence-electron chi connectivity index (χ0n) is 9.58. The highest BCUT2D eigenvalue weighted by Crippen LogP contribution is 2.33. The molecule has 1 atom stereocenters. The largest absolute Gasteiger partial charge is 0.213 e. The van der Waals surface area contributed by atoms with Gasteiger partial charge in [0.25, 0.3) is 0 Å². The molecule has 14 heavy (non-hydrogen) atoms. The Morgan fingerprint density at radius 1 is 1.29 bits per heavy atom. The molecule has 0 aliphatic carbocycles. The minimum atomic E-state index is -2.99. The average Bonchev–Trinajstić information content (AvgIpc) is 2.01. The molecule has 0 amide bonds. The second-order valence-electron chi connectivity index (χ2n) is 5.33. The monoisotopic (exact) mass is 219 g/mol. The molecule has 0 aromatic rings. The highest BCUT2D eigenvalue weighted by Gasteiger charge is 2.32. The third-order valence-corrected chi connectivity index (χ3v) is 4.35. The van der Waals surface area contributed by atoms with Crippen molar-refractivity contribution < 1.29 is 8.42 Å². The first-order valence-electron chi connectivity index (χ1n) is 5.16. The lowest BCUT2D eigenvalue weighted by Gasteiger charge is -2.38. The quantitative estimate of drug-likeness (QED) is 0.673. The normalized spacial score (nSPS) is 26.4. The van der Waals surface area contributed by atoms with Crippen LogP contribution in [0.15, 0.2) is 0 Å². The average molecular weight is 219 g/mol. The van der Waals surface area contributed by atoms with Gasteiger partial charge in [0.2, 0.25) is 10.0 Å². The number of sulfonamides is 1. The van der Waals surface area contributed by atoms with Gasteiger partial charge in [0.1, 0.15) is 0 Å². The highest BCUT2D eigenvalue weighted by atomic mass is 32.2. The molecule has 1 saturated heterocycles. The molecule has 0 radical (unpaired) electrons. The van der Waals surface area contributed by atoms with Gasteiger partial charge in [-0.1, -0.05) is 20.8 Å². The maximum atomic E-state index is 11.4. The van der Waals surface area contributed by atoms with Crippen LogP contribution in [0, 0.1) is 11.3 Å². The van der Waals surface area contributed by atoms with Crippen molar-refractivity contribution in [1.29, 1.82) is 0 Å². The first-order valence-corrected chi connectivity index (χ1v) is 7.01. The van der Waals surface area contributed by atoms with Gasteiger partial charge < -0.3 is 0 Å². The molecule has 1 aliphatic rings. The summed E-state index contributed by atoms with van der Waals surface area (Å²) in [5.74, 6) is 0.492. The predicted molar refractivity (Wildman–Crippen MR) is 58.6 cm³/mol. The molecule has 4 heteroatoms. The summed E-state index contributed by atoms with van der Waals surface area (Å²) < 4.78 is 24.4. The van der Waals surface area contributed by atoms with Crippen molar-refractivity contribution in [3.8, 4) is 0 Å². The smallest absolute Gasteiger partial charge is 0.211 e. The lowest BCUT2D eigenvalue weighted by atomic mass is 9.77. The Morgan fingerprint density at radius 2 is 1.86 bits per heavy atom. The molecule has 0 bridgehead atoms. The number of hydrogen-bond donors (Lipinski definition) is 0. The Hall–Kier alpha value is -0.0900. The van der Waals surface area contributed by atoms with E-state index in [1.54, 1.807) is 4.31 Å². The third-order valence-electron chi connectivity index (χ3n) is 3.08. The number of nitrogens with zero attached hydrogens (tertiary/aromatic N) is 1. The van der Waals surface area contributed by atoms with Gasteiger partial charge in [-0.3, -0.25) is 0 Å². The topological polar surface area (TPSA) is 37.4 Å². The van der Waals surface area contributed by atoms with Crippen molar-refractivity contribution in [2.45, 2.75) is 33.6 Å². The van der Waals surface area contributed by atoms with Gasteiger partial charge >= 0.3 is 0 Å². The molecule has 84 valence electrons. The molecule has 1 rings (SSSR count). The summed E-state index contributed by atoms with van der Waals surface area (Å²) >= 11 is 0. The van der Waals surface area contributed by atoms with Crippen LogP contribution in [0.1, 0.15) is 33.6 Å². The molecule has 0 spiro atoms. The number of piperidine rings is 1. The standard InChI is InChI=1S/C10H21NO2S/c1-10(2,3)9-6-5-7-11(8-9)14(4,12)13/h9H,5-8H2,1-4H3. The first-order chi connectivity index (χ1) is 6.21. The van der Waals surface area contributed by atoms with Gasteiger partial charge in [-0.15, -0.1) is 0 Å². The van der Waals surface area contributed by atoms with Gasteiger partial charge in [-0.2, -0.15) is 0 Å². The van der Waals surface area contributed by atoms with E-state index in [4.69, 9.17) is 0 Å². The molecule has 3 nitrogen and oxygen atoms in total. The molecular formula is C10H21NO2S. The molecule has 0 N–H and O–H groups in total. The molecule has 0 aromatic carbocycles. The van der Waals surface area contributed by atoms with E-state index in [1.807, 2.05) is 0 Å². The maximum absolute atomic E-state index is 11.4. The molecule has 1 fully saturated rings. The Kier molecular flexibility index (Phi) is 3.26. The van der Waals surface area contributed by atoms with Gasteiger partial charge in [-0.05, 0) is 24.2 Å². The second kappa shape index (κ2) is 3.81. The van der Waals surface area contributed by atoms with E-state index in [0.29, 0.717) is 19.0 Å². The maximum Gasteiger partial charge on any atom is 0.211 e. The SMILES string of the molecule is CC(C)(C)C1CCCN(S(C)(=O)=O)C1. The predicted octanol–water partition coefficient (Wildman–Crippen LogP) is 1.70. The molecule has 1 aliphatic heterocycles.